The molecular formula is C16H28IN3O2. The predicted octanol–water partition coefficient (Wildman–Crippen LogP) is 2.45. The number of benzene rings is 1. The molecule has 22 heavy (non-hydrogen) atoms. The largest absolute Gasteiger partial charge is 0.496 e. The zero-order valence-electron chi connectivity index (χ0n) is 13.9. The highest BCUT2D eigenvalue weighted by Gasteiger charge is 2.05. The van der Waals surface area contributed by atoms with E-state index in [2.05, 4.69) is 35.5 Å². The van der Waals surface area contributed by atoms with E-state index < -0.39 is 0 Å². The van der Waals surface area contributed by atoms with Crippen LogP contribution < -0.4 is 15.4 Å². The summed E-state index contributed by atoms with van der Waals surface area (Å²) in [4.78, 5) is 4.59. The minimum Gasteiger partial charge on any atom is -0.496 e. The Morgan fingerprint density at radius 3 is 2.64 bits per heavy atom. The molecule has 0 saturated carbocycles. The summed E-state index contributed by atoms with van der Waals surface area (Å²) in [7, 11) is 3.39. The second-order valence-electron chi connectivity index (χ2n) is 4.82. The fourth-order valence-corrected chi connectivity index (χ4v) is 2.04. The first kappa shape index (κ1) is 21.0. The minimum atomic E-state index is 0. The van der Waals surface area contributed by atoms with Crippen LogP contribution in [0.2, 0.25) is 0 Å². The predicted molar refractivity (Wildman–Crippen MR) is 103 cm³/mol. The van der Waals surface area contributed by atoms with Gasteiger partial charge in [0.25, 0.3) is 0 Å². The molecule has 0 aliphatic heterocycles. The molecule has 5 nitrogen and oxygen atoms in total. The van der Waals surface area contributed by atoms with Gasteiger partial charge < -0.3 is 20.1 Å². The standard InChI is InChI=1S/C16H27N3O2.HI/c1-5-17-16(19-13(2)12-20-3)18-11-10-14-8-6-7-9-15(14)21-4;/h6-9,13H,5,10-12H2,1-4H3,(H2,17,18,19);1H. The van der Waals surface area contributed by atoms with Crippen molar-refractivity contribution in [1.29, 1.82) is 0 Å². The van der Waals surface area contributed by atoms with Crippen LogP contribution in [-0.4, -0.2) is 45.9 Å². The van der Waals surface area contributed by atoms with Gasteiger partial charge in [0.15, 0.2) is 5.96 Å². The quantitative estimate of drug-likeness (QED) is 0.385. The molecule has 126 valence electrons. The highest BCUT2D eigenvalue weighted by Crippen LogP contribution is 2.17. The number of rotatable bonds is 8. The number of hydrogen-bond acceptors (Lipinski definition) is 3. The molecule has 6 heteroatoms. The molecule has 2 N–H and O–H groups in total. The normalized spacial score (nSPS) is 12.3. The van der Waals surface area contributed by atoms with Crippen LogP contribution in [0.25, 0.3) is 0 Å². The van der Waals surface area contributed by atoms with Crippen molar-refractivity contribution >= 4 is 29.9 Å². The summed E-state index contributed by atoms with van der Waals surface area (Å²) in [6.07, 6.45) is 0.846. The average molecular weight is 421 g/mol. The topological polar surface area (TPSA) is 54.9 Å². The average Bonchev–Trinajstić information content (AvgIpc) is 2.48. The third-order valence-corrected chi connectivity index (χ3v) is 2.99. The van der Waals surface area contributed by atoms with Gasteiger partial charge in [-0.25, -0.2) is 0 Å². The van der Waals surface area contributed by atoms with E-state index in [9.17, 15) is 0 Å². The molecule has 0 amide bonds. The van der Waals surface area contributed by atoms with Crippen molar-refractivity contribution in [2.45, 2.75) is 26.3 Å². The van der Waals surface area contributed by atoms with Crippen molar-refractivity contribution in [1.82, 2.24) is 10.6 Å². The number of nitrogens with one attached hydrogen (secondary N) is 2. The molecule has 0 saturated heterocycles. The van der Waals surface area contributed by atoms with Crippen molar-refractivity contribution in [3.63, 3.8) is 0 Å². The SMILES string of the molecule is CCNC(=NCCc1ccccc1OC)NC(C)COC.I. The lowest BCUT2D eigenvalue weighted by molar-refractivity contribution is 0.179. The molecule has 0 bridgehead atoms. The Hall–Kier alpha value is -1.02. The minimum absolute atomic E-state index is 0. The van der Waals surface area contributed by atoms with Crippen LogP contribution in [0.5, 0.6) is 5.75 Å². The van der Waals surface area contributed by atoms with E-state index in [0.29, 0.717) is 13.2 Å². The molecule has 1 aromatic rings. The molecule has 1 unspecified atom stereocenters. The molecule has 0 heterocycles. The van der Waals surface area contributed by atoms with Crippen LogP contribution in [0, 0.1) is 0 Å². The Kier molecular flexibility index (Phi) is 11.9. The fraction of sp³-hybridized carbons (Fsp3) is 0.562. The molecule has 0 fully saturated rings. The Balaban J connectivity index is 0.00000441. The Bertz CT molecular complexity index is 441. The fourth-order valence-electron chi connectivity index (χ4n) is 2.04. The van der Waals surface area contributed by atoms with Crippen molar-refractivity contribution in [3.8, 4) is 5.75 Å². The van der Waals surface area contributed by atoms with E-state index in [1.54, 1.807) is 14.2 Å². The number of nitrogens with zero attached hydrogens (tertiary/aromatic N) is 1. The molecule has 1 atom stereocenters. The van der Waals surface area contributed by atoms with Gasteiger partial charge in [-0.1, -0.05) is 18.2 Å². The maximum Gasteiger partial charge on any atom is 0.191 e. The van der Waals surface area contributed by atoms with Gasteiger partial charge in [-0.2, -0.15) is 0 Å². The van der Waals surface area contributed by atoms with Crippen molar-refractivity contribution in [2.24, 2.45) is 4.99 Å². The molecule has 1 rings (SSSR count). The second kappa shape index (κ2) is 12.5. The van der Waals surface area contributed by atoms with Crippen LogP contribution in [-0.2, 0) is 11.2 Å². The summed E-state index contributed by atoms with van der Waals surface area (Å²) in [5.74, 6) is 1.73. The van der Waals surface area contributed by atoms with Gasteiger partial charge in [-0.15, -0.1) is 24.0 Å². The molecule has 0 spiro atoms. The van der Waals surface area contributed by atoms with Gasteiger partial charge in [0, 0.05) is 26.2 Å². The Morgan fingerprint density at radius 2 is 2.00 bits per heavy atom. The maximum absolute atomic E-state index is 5.35. The zero-order chi connectivity index (χ0) is 15.5. The van der Waals surface area contributed by atoms with Crippen molar-refractivity contribution in [3.05, 3.63) is 29.8 Å². The summed E-state index contributed by atoms with van der Waals surface area (Å²) < 4.78 is 10.5. The number of methoxy groups -OCH3 is 2. The van der Waals surface area contributed by atoms with Gasteiger partial charge in [-0.05, 0) is 31.9 Å². The van der Waals surface area contributed by atoms with Gasteiger partial charge in [0.2, 0.25) is 0 Å². The number of halogens is 1. The lowest BCUT2D eigenvalue weighted by atomic mass is 10.1. The first-order valence-corrected chi connectivity index (χ1v) is 7.36. The second-order valence-corrected chi connectivity index (χ2v) is 4.82. The number of hydrogen-bond donors (Lipinski definition) is 2. The van der Waals surface area contributed by atoms with Crippen LogP contribution in [0.3, 0.4) is 0 Å². The van der Waals surface area contributed by atoms with Gasteiger partial charge >= 0.3 is 0 Å². The third-order valence-electron chi connectivity index (χ3n) is 2.99. The van der Waals surface area contributed by atoms with E-state index in [-0.39, 0.29) is 30.0 Å². The van der Waals surface area contributed by atoms with Crippen LogP contribution >= 0.6 is 24.0 Å². The summed E-state index contributed by atoms with van der Waals surface area (Å²) in [5.41, 5.74) is 1.17. The number of ether oxygens (including phenoxy) is 2. The molecule has 0 radical (unpaired) electrons. The van der Waals surface area contributed by atoms with Crippen LogP contribution in [0.15, 0.2) is 29.3 Å². The number of para-hydroxylation sites is 1. The molecule has 1 aromatic carbocycles. The summed E-state index contributed by atoms with van der Waals surface area (Å²) >= 11 is 0. The molecule has 0 aromatic heterocycles. The van der Waals surface area contributed by atoms with Crippen molar-refractivity contribution < 1.29 is 9.47 Å². The van der Waals surface area contributed by atoms with E-state index >= 15 is 0 Å². The molecular weight excluding hydrogens is 393 g/mol. The van der Waals surface area contributed by atoms with Crippen LogP contribution in [0.1, 0.15) is 19.4 Å². The number of guanidine groups is 1. The Morgan fingerprint density at radius 1 is 1.27 bits per heavy atom. The molecule has 0 aliphatic rings. The van der Waals surface area contributed by atoms with Crippen molar-refractivity contribution in [2.75, 3.05) is 33.9 Å². The van der Waals surface area contributed by atoms with Gasteiger partial charge in [0.1, 0.15) is 5.75 Å². The number of aliphatic imine (C=N–C) groups is 1. The zero-order valence-corrected chi connectivity index (χ0v) is 16.2. The van der Waals surface area contributed by atoms with Crippen LogP contribution in [0.4, 0.5) is 0 Å². The third kappa shape index (κ3) is 7.84. The van der Waals surface area contributed by atoms with E-state index in [1.807, 2.05) is 18.2 Å². The Labute approximate surface area is 150 Å². The monoisotopic (exact) mass is 421 g/mol. The highest BCUT2D eigenvalue weighted by atomic mass is 127. The van der Waals surface area contributed by atoms with Gasteiger partial charge in [-0.3, -0.25) is 4.99 Å². The van der Waals surface area contributed by atoms with E-state index in [0.717, 1.165) is 24.7 Å². The maximum atomic E-state index is 5.35. The smallest absolute Gasteiger partial charge is 0.191 e. The highest BCUT2D eigenvalue weighted by molar-refractivity contribution is 14.0. The lowest BCUT2D eigenvalue weighted by Crippen LogP contribution is -2.44. The molecule has 0 aliphatic carbocycles. The lowest BCUT2D eigenvalue weighted by Gasteiger charge is -2.17. The van der Waals surface area contributed by atoms with E-state index in [1.165, 1.54) is 5.56 Å². The first-order chi connectivity index (χ1) is 10.2. The summed E-state index contributed by atoms with van der Waals surface area (Å²) in [6.45, 7) is 6.31. The van der Waals surface area contributed by atoms with Gasteiger partial charge in [0.05, 0.1) is 13.7 Å². The summed E-state index contributed by atoms with van der Waals surface area (Å²) in [6, 6.07) is 8.26. The van der Waals surface area contributed by atoms with E-state index in [4.69, 9.17) is 9.47 Å². The first-order valence-electron chi connectivity index (χ1n) is 7.36. The summed E-state index contributed by atoms with van der Waals surface area (Å²) in [5, 5.41) is 6.56.